The van der Waals surface area contributed by atoms with Crippen molar-refractivity contribution in [2.24, 2.45) is 5.41 Å². The monoisotopic (exact) mass is 430 g/mol. The van der Waals surface area contributed by atoms with Gasteiger partial charge in [-0.25, -0.2) is 8.42 Å². The van der Waals surface area contributed by atoms with E-state index in [2.05, 4.69) is 5.32 Å². The van der Waals surface area contributed by atoms with Crippen LogP contribution < -0.4 is 10.1 Å². The van der Waals surface area contributed by atoms with Gasteiger partial charge >= 0.3 is 0 Å². The second kappa shape index (κ2) is 8.78. The third kappa shape index (κ3) is 4.84. The topological polar surface area (TPSA) is 75.7 Å². The Labute approximate surface area is 179 Å². The van der Waals surface area contributed by atoms with E-state index in [0.717, 1.165) is 22.4 Å². The zero-order valence-corrected chi connectivity index (χ0v) is 18.9. The van der Waals surface area contributed by atoms with Crippen LogP contribution in [0.4, 0.5) is 0 Å². The molecule has 2 aromatic rings. The van der Waals surface area contributed by atoms with E-state index in [4.69, 9.17) is 4.74 Å². The fourth-order valence-electron chi connectivity index (χ4n) is 3.95. The second-order valence-electron chi connectivity index (χ2n) is 8.36. The summed E-state index contributed by atoms with van der Waals surface area (Å²) in [6, 6.07) is 12.8. The third-order valence-corrected chi connectivity index (χ3v) is 7.48. The van der Waals surface area contributed by atoms with Crippen LogP contribution in [0.1, 0.15) is 36.5 Å². The number of piperidine rings is 1. The number of nitrogens with one attached hydrogen (secondary N) is 1. The number of sulfonamides is 1. The summed E-state index contributed by atoms with van der Waals surface area (Å²) in [6.07, 6.45) is 1.30. The van der Waals surface area contributed by atoms with Crippen LogP contribution in [0, 0.1) is 19.3 Å². The van der Waals surface area contributed by atoms with Crippen molar-refractivity contribution in [1.29, 1.82) is 0 Å². The van der Waals surface area contributed by atoms with E-state index >= 15 is 0 Å². The molecule has 0 spiro atoms. The molecule has 0 aromatic heterocycles. The lowest BCUT2D eigenvalue weighted by Gasteiger charge is -2.38. The molecule has 0 unspecified atom stereocenters. The Balaban J connectivity index is 1.72. The average molecular weight is 431 g/mol. The summed E-state index contributed by atoms with van der Waals surface area (Å²) in [5.41, 5.74) is 2.01. The highest BCUT2D eigenvalue weighted by Crippen LogP contribution is 2.33. The Morgan fingerprint density at radius 3 is 2.37 bits per heavy atom. The number of amides is 1. The Kier molecular flexibility index (Phi) is 6.53. The lowest BCUT2D eigenvalue weighted by molar-refractivity contribution is -0.132. The molecule has 7 heteroatoms. The minimum Gasteiger partial charge on any atom is -0.497 e. The molecular weight excluding hydrogens is 400 g/mol. The minimum atomic E-state index is -3.65. The number of nitrogens with zero attached hydrogens (tertiary/aromatic N) is 1. The van der Waals surface area contributed by atoms with Gasteiger partial charge in [-0.05, 0) is 74.6 Å². The Morgan fingerprint density at radius 1 is 1.13 bits per heavy atom. The van der Waals surface area contributed by atoms with Crippen molar-refractivity contribution in [2.75, 3.05) is 20.2 Å². The van der Waals surface area contributed by atoms with Gasteiger partial charge in [0.15, 0.2) is 0 Å². The fourth-order valence-corrected chi connectivity index (χ4v) is 5.75. The molecule has 1 aliphatic heterocycles. The molecule has 0 radical (unpaired) electrons. The number of rotatable bonds is 6. The Hall–Kier alpha value is -2.38. The first-order chi connectivity index (χ1) is 14.1. The molecule has 1 N–H and O–H groups in total. The maximum absolute atomic E-state index is 13.2. The van der Waals surface area contributed by atoms with E-state index in [-0.39, 0.29) is 12.5 Å². The zero-order chi connectivity index (χ0) is 21.9. The summed E-state index contributed by atoms with van der Waals surface area (Å²) < 4.78 is 33.1. The van der Waals surface area contributed by atoms with Gasteiger partial charge in [-0.15, -0.1) is 0 Å². The molecule has 1 aliphatic rings. The van der Waals surface area contributed by atoms with Crippen molar-refractivity contribution < 1.29 is 17.9 Å². The lowest BCUT2D eigenvalue weighted by Crippen LogP contribution is -2.51. The van der Waals surface area contributed by atoms with Gasteiger partial charge in [-0.1, -0.05) is 18.2 Å². The number of hydrogen-bond donors (Lipinski definition) is 1. The predicted octanol–water partition coefficient (Wildman–Crippen LogP) is 3.42. The maximum Gasteiger partial charge on any atom is 0.243 e. The average Bonchev–Trinajstić information content (AvgIpc) is 2.71. The molecule has 0 bridgehead atoms. The van der Waals surface area contributed by atoms with E-state index in [0.29, 0.717) is 30.8 Å². The Bertz CT molecular complexity index is 998. The highest BCUT2D eigenvalue weighted by Gasteiger charge is 2.41. The highest BCUT2D eigenvalue weighted by atomic mass is 32.2. The highest BCUT2D eigenvalue weighted by molar-refractivity contribution is 7.89. The van der Waals surface area contributed by atoms with Gasteiger partial charge in [0.25, 0.3) is 0 Å². The summed E-state index contributed by atoms with van der Waals surface area (Å²) in [4.78, 5) is 13.3. The molecule has 1 heterocycles. The molecule has 1 fully saturated rings. The van der Waals surface area contributed by atoms with E-state index < -0.39 is 15.4 Å². The molecule has 162 valence electrons. The number of methoxy groups -OCH3 is 1. The van der Waals surface area contributed by atoms with Crippen LogP contribution in [0.2, 0.25) is 0 Å². The van der Waals surface area contributed by atoms with Gasteiger partial charge in [-0.3, -0.25) is 4.79 Å². The van der Waals surface area contributed by atoms with Crippen molar-refractivity contribution in [1.82, 2.24) is 9.62 Å². The molecular formula is C23H30N2O4S. The quantitative estimate of drug-likeness (QED) is 0.762. The lowest BCUT2D eigenvalue weighted by atomic mass is 9.82. The SMILES string of the molecule is COc1ccc(CNC(=O)[C@@]2(C)CCCN(S(=O)(=O)c3cc(C)cc(C)c3)C2)cc1. The number of ether oxygens (including phenoxy) is 1. The minimum absolute atomic E-state index is 0.126. The predicted molar refractivity (Wildman–Crippen MR) is 117 cm³/mol. The van der Waals surface area contributed by atoms with Gasteiger partial charge in [0.1, 0.15) is 5.75 Å². The Morgan fingerprint density at radius 2 is 1.77 bits per heavy atom. The van der Waals surface area contributed by atoms with Crippen molar-refractivity contribution >= 4 is 15.9 Å². The van der Waals surface area contributed by atoms with E-state index in [9.17, 15) is 13.2 Å². The van der Waals surface area contributed by atoms with Crippen LogP contribution in [0.3, 0.4) is 0 Å². The molecule has 1 atom stereocenters. The summed E-state index contributed by atoms with van der Waals surface area (Å²) in [7, 11) is -2.04. The molecule has 0 saturated carbocycles. The first-order valence-electron chi connectivity index (χ1n) is 10.1. The van der Waals surface area contributed by atoms with Crippen molar-refractivity contribution in [3.05, 3.63) is 59.2 Å². The van der Waals surface area contributed by atoms with Crippen LogP contribution in [-0.2, 0) is 21.4 Å². The van der Waals surface area contributed by atoms with Crippen LogP contribution in [0.25, 0.3) is 0 Å². The fraction of sp³-hybridized carbons (Fsp3) is 0.435. The third-order valence-electron chi connectivity index (χ3n) is 5.65. The number of carbonyl (C=O) groups excluding carboxylic acids is 1. The van der Waals surface area contributed by atoms with Crippen molar-refractivity contribution in [3.8, 4) is 5.75 Å². The standard InChI is InChI=1S/C23H30N2O4S/c1-17-12-18(2)14-21(13-17)30(27,28)25-11-5-10-23(3,16-25)22(26)24-15-19-6-8-20(29-4)9-7-19/h6-9,12-14H,5,10-11,15-16H2,1-4H3,(H,24,26)/t23-/m0/s1. The van der Waals surface area contributed by atoms with Gasteiger partial charge in [-0.2, -0.15) is 4.31 Å². The van der Waals surface area contributed by atoms with E-state index in [1.165, 1.54) is 4.31 Å². The summed E-state index contributed by atoms with van der Waals surface area (Å²) >= 11 is 0. The van der Waals surface area contributed by atoms with E-state index in [1.807, 2.05) is 51.1 Å². The molecule has 30 heavy (non-hydrogen) atoms. The van der Waals surface area contributed by atoms with Gasteiger partial charge < -0.3 is 10.1 Å². The maximum atomic E-state index is 13.2. The van der Waals surface area contributed by atoms with Gasteiger partial charge in [0.2, 0.25) is 15.9 Å². The van der Waals surface area contributed by atoms with Crippen molar-refractivity contribution in [2.45, 2.75) is 45.1 Å². The molecule has 2 aromatic carbocycles. The number of carbonyl (C=O) groups is 1. The van der Waals surface area contributed by atoms with Crippen LogP contribution in [0.15, 0.2) is 47.4 Å². The molecule has 1 saturated heterocycles. The summed E-state index contributed by atoms with van der Waals surface area (Å²) in [6.45, 7) is 6.62. The zero-order valence-electron chi connectivity index (χ0n) is 18.1. The normalized spacial score (nSPS) is 20.0. The summed E-state index contributed by atoms with van der Waals surface area (Å²) in [5.74, 6) is 0.634. The largest absolute Gasteiger partial charge is 0.497 e. The molecule has 6 nitrogen and oxygen atoms in total. The van der Waals surface area contributed by atoms with E-state index in [1.54, 1.807) is 19.2 Å². The molecule has 1 amide bonds. The van der Waals surface area contributed by atoms with Crippen LogP contribution in [0.5, 0.6) is 5.75 Å². The summed E-state index contributed by atoms with van der Waals surface area (Å²) in [5, 5.41) is 2.98. The van der Waals surface area contributed by atoms with Crippen LogP contribution in [-0.4, -0.2) is 38.8 Å². The van der Waals surface area contributed by atoms with Crippen molar-refractivity contribution in [3.63, 3.8) is 0 Å². The van der Waals surface area contributed by atoms with Crippen LogP contribution >= 0.6 is 0 Å². The first kappa shape index (κ1) is 22.3. The second-order valence-corrected chi connectivity index (χ2v) is 10.3. The number of benzene rings is 2. The molecule has 0 aliphatic carbocycles. The first-order valence-corrected chi connectivity index (χ1v) is 11.6. The number of hydrogen-bond acceptors (Lipinski definition) is 4. The smallest absolute Gasteiger partial charge is 0.243 e. The molecule has 3 rings (SSSR count). The number of aryl methyl sites for hydroxylation is 2. The van der Waals surface area contributed by atoms with Gasteiger partial charge in [0.05, 0.1) is 17.4 Å². The van der Waals surface area contributed by atoms with Gasteiger partial charge in [0, 0.05) is 19.6 Å².